The van der Waals surface area contributed by atoms with Crippen molar-refractivity contribution in [2.75, 3.05) is 5.32 Å². The van der Waals surface area contributed by atoms with Gasteiger partial charge >= 0.3 is 5.97 Å². The molecular formula is C16H15F2NO2. The molecule has 0 aliphatic heterocycles. The van der Waals surface area contributed by atoms with Crippen LogP contribution in [0.2, 0.25) is 0 Å². The van der Waals surface area contributed by atoms with Gasteiger partial charge in [-0.05, 0) is 47.9 Å². The van der Waals surface area contributed by atoms with Gasteiger partial charge < -0.3 is 10.4 Å². The molecule has 21 heavy (non-hydrogen) atoms. The number of halogens is 2. The summed E-state index contributed by atoms with van der Waals surface area (Å²) in [6, 6.07) is 7.56. The lowest BCUT2D eigenvalue weighted by atomic mass is 10.0. The number of benzene rings is 2. The minimum atomic E-state index is -1.16. The minimum Gasteiger partial charge on any atom is -0.478 e. The molecule has 0 amide bonds. The molecule has 2 N–H and O–H groups in total. The van der Waals surface area contributed by atoms with E-state index in [1.807, 2.05) is 13.8 Å². The quantitative estimate of drug-likeness (QED) is 0.870. The van der Waals surface area contributed by atoms with Crippen LogP contribution in [0.25, 0.3) is 0 Å². The van der Waals surface area contributed by atoms with Gasteiger partial charge in [-0.25, -0.2) is 13.6 Å². The lowest BCUT2D eigenvalue weighted by Gasteiger charge is -2.16. The van der Waals surface area contributed by atoms with E-state index in [2.05, 4.69) is 5.32 Å². The third-order valence-electron chi connectivity index (χ3n) is 3.12. The average molecular weight is 291 g/mol. The number of rotatable bonds is 4. The molecule has 0 saturated heterocycles. The van der Waals surface area contributed by atoms with Crippen molar-refractivity contribution in [1.82, 2.24) is 0 Å². The van der Waals surface area contributed by atoms with E-state index in [1.165, 1.54) is 24.3 Å². The van der Waals surface area contributed by atoms with Gasteiger partial charge in [0.25, 0.3) is 0 Å². The summed E-state index contributed by atoms with van der Waals surface area (Å²) in [4.78, 5) is 11.2. The molecule has 0 radical (unpaired) electrons. The zero-order valence-corrected chi connectivity index (χ0v) is 11.7. The van der Waals surface area contributed by atoms with Gasteiger partial charge in [-0.15, -0.1) is 0 Å². The Morgan fingerprint density at radius 2 is 1.67 bits per heavy atom. The Hall–Kier alpha value is -2.43. The van der Waals surface area contributed by atoms with E-state index in [1.54, 1.807) is 0 Å². The lowest BCUT2D eigenvalue weighted by Crippen LogP contribution is -2.05. The molecule has 0 bridgehead atoms. The fourth-order valence-electron chi connectivity index (χ4n) is 2.08. The number of hydrogen-bond acceptors (Lipinski definition) is 2. The molecule has 0 fully saturated rings. The van der Waals surface area contributed by atoms with Gasteiger partial charge in [-0.1, -0.05) is 13.8 Å². The predicted molar refractivity (Wildman–Crippen MR) is 77.1 cm³/mol. The summed E-state index contributed by atoms with van der Waals surface area (Å²) < 4.78 is 26.7. The SMILES string of the molecule is CC(C)c1cc(F)ccc1Nc1cc(F)ccc1C(=O)O. The Labute approximate surface area is 121 Å². The van der Waals surface area contributed by atoms with E-state index >= 15 is 0 Å². The first-order valence-corrected chi connectivity index (χ1v) is 6.48. The van der Waals surface area contributed by atoms with Crippen molar-refractivity contribution in [1.29, 1.82) is 0 Å². The van der Waals surface area contributed by atoms with E-state index in [0.717, 1.165) is 12.1 Å². The predicted octanol–water partition coefficient (Wildman–Crippen LogP) is 4.53. The molecule has 0 aliphatic rings. The number of nitrogens with one attached hydrogen (secondary N) is 1. The van der Waals surface area contributed by atoms with Crippen LogP contribution in [-0.4, -0.2) is 11.1 Å². The van der Waals surface area contributed by atoms with Gasteiger partial charge in [-0.2, -0.15) is 0 Å². The Morgan fingerprint density at radius 3 is 2.29 bits per heavy atom. The summed E-state index contributed by atoms with van der Waals surface area (Å²) >= 11 is 0. The van der Waals surface area contributed by atoms with E-state index in [9.17, 15) is 13.6 Å². The molecule has 2 aromatic carbocycles. The van der Waals surface area contributed by atoms with Crippen LogP contribution in [0, 0.1) is 11.6 Å². The number of aromatic carboxylic acids is 1. The van der Waals surface area contributed by atoms with Crippen LogP contribution < -0.4 is 5.32 Å². The average Bonchev–Trinajstić information content (AvgIpc) is 2.40. The number of carboxylic acids is 1. The molecule has 0 spiro atoms. The highest BCUT2D eigenvalue weighted by molar-refractivity contribution is 5.95. The van der Waals surface area contributed by atoms with Crippen LogP contribution in [0.1, 0.15) is 35.7 Å². The highest BCUT2D eigenvalue weighted by Gasteiger charge is 2.14. The summed E-state index contributed by atoms with van der Waals surface area (Å²) in [5.41, 5.74) is 1.33. The summed E-state index contributed by atoms with van der Waals surface area (Å²) in [7, 11) is 0. The summed E-state index contributed by atoms with van der Waals surface area (Å²) in [6.45, 7) is 3.78. The van der Waals surface area contributed by atoms with Crippen molar-refractivity contribution in [2.45, 2.75) is 19.8 Å². The second-order valence-electron chi connectivity index (χ2n) is 5.01. The van der Waals surface area contributed by atoms with Crippen LogP contribution in [0.4, 0.5) is 20.2 Å². The third-order valence-corrected chi connectivity index (χ3v) is 3.12. The lowest BCUT2D eigenvalue weighted by molar-refractivity contribution is 0.0698. The van der Waals surface area contributed by atoms with Crippen LogP contribution in [-0.2, 0) is 0 Å². The molecule has 2 rings (SSSR count). The molecule has 0 unspecified atom stereocenters. The van der Waals surface area contributed by atoms with Gasteiger partial charge in [-0.3, -0.25) is 0 Å². The maximum Gasteiger partial charge on any atom is 0.337 e. The van der Waals surface area contributed by atoms with Crippen LogP contribution in [0.3, 0.4) is 0 Å². The Bertz CT molecular complexity index is 684. The van der Waals surface area contributed by atoms with Crippen molar-refractivity contribution in [3.8, 4) is 0 Å². The standard InChI is InChI=1S/C16H15F2NO2/c1-9(2)13-7-10(17)4-6-14(13)19-15-8-11(18)3-5-12(15)16(20)21/h3-9,19H,1-2H3,(H,20,21). The molecule has 0 atom stereocenters. The molecule has 2 aromatic rings. The zero-order chi connectivity index (χ0) is 15.6. The van der Waals surface area contributed by atoms with Crippen LogP contribution >= 0.6 is 0 Å². The number of hydrogen-bond donors (Lipinski definition) is 2. The fourth-order valence-corrected chi connectivity index (χ4v) is 2.08. The molecule has 110 valence electrons. The van der Waals surface area contributed by atoms with Gasteiger partial charge in [0.1, 0.15) is 11.6 Å². The van der Waals surface area contributed by atoms with E-state index < -0.39 is 11.8 Å². The Balaban J connectivity index is 2.47. The summed E-state index contributed by atoms with van der Waals surface area (Å²) in [6.07, 6.45) is 0. The summed E-state index contributed by atoms with van der Waals surface area (Å²) in [5, 5.41) is 12.0. The second kappa shape index (κ2) is 5.91. The highest BCUT2D eigenvalue weighted by Crippen LogP contribution is 2.29. The zero-order valence-electron chi connectivity index (χ0n) is 11.7. The van der Waals surface area contributed by atoms with Gasteiger partial charge in [0.2, 0.25) is 0 Å². The minimum absolute atomic E-state index is 0.0324. The Kier molecular flexibility index (Phi) is 4.21. The first-order valence-electron chi connectivity index (χ1n) is 6.48. The molecule has 0 heterocycles. The van der Waals surface area contributed by atoms with Crippen molar-refractivity contribution in [3.63, 3.8) is 0 Å². The topological polar surface area (TPSA) is 49.3 Å². The van der Waals surface area contributed by atoms with Gasteiger partial charge in [0.05, 0.1) is 11.3 Å². The van der Waals surface area contributed by atoms with Crippen molar-refractivity contribution in [3.05, 3.63) is 59.2 Å². The summed E-state index contributed by atoms with van der Waals surface area (Å²) in [5.74, 6) is -2.05. The number of anilines is 2. The number of carboxylic acid groups (broad SMARTS) is 1. The first-order chi connectivity index (χ1) is 9.88. The third kappa shape index (κ3) is 3.37. The highest BCUT2D eigenvalue weighted by atomic mass is 19.1. The molecular weight excluding hydrogens is 276 g/mol. The van der Waals surface area contributed by atoms with Gasteiger partial charge in [0.15, 0.2) is 0 Å². The maximum absolute atomic E-state index is 13.3. The maximum atomic E-state index is 13.3. The smallest absolute Gasteiger partial charge is 0.337 e. The van der Waals surface area contributed by atoms with Crippen LogP contribution in [0.5, 0.6) is 0 Å². The fraction of sp³-hybridized carbons (Fsp3) is 0.188. The van der Waals surface area contributed by atoms with Gasteiger partial charge in [0, 0.05) is 5.69 Å². The molecule has 0 saturated carbocycles. The Morgan fingerprint density at radius 1 is 1.05 bits per heavy atom. The van der Waals surface area contributed by atoms with Crippen molar-refractivity contribution < 1.29 is 18.7 Å². The largest absolute Gasteiger partial charge is 0.478 e. The van der Waals surface area contributed by atoms with Crippen LogP contribution in [0.15, 0.2) is 36.4 Å². The molecule has 3 nitrogen and oxygen atoms in total. The normalized spacial score (nSPS) is 10.7. The second-order valence-corrected chi connectivity index (χ2v) is 5.01. The number of carbonyl (C=O) groups is 1. The van der Waals surface area contributed by atoms with E-state index in [4.69, 9.17) is 5.11 Å². The first kappa shape index (κ1) is 15.0. The van der Waals surface area contributed by atoms with Crippen molar-refractivity contribution in [2.24, 2.45) is 0 Å². The molecule has 0 aliphatic carbocycles. The molecule has 5 heteroatoms. The molecule has 0 aromatic heterocycles. The van der Waals surface area contributed by atoms with Crippen molar-refractivity contribution >= 4 is 17.3 Å². The monoisotopic (exact) mass is 291 g/mol. The van der Waals surface area contributed by atoms with E-state index in [-0.39, 0.29) is 23.0 Å². The van der Waals surface area contributed by atoms with E-state index in [0.29, 0.717) is 11.3 Å².